The molecule has 11 heteroatoms. The van der Waals surface area contributed by atoms with Crippen molar-refractivity contribution in [3.8, 4) is 17.5 Å². The van der Waals surface area contributed by atoms with Gasteiger partial charge in [0.1, 0.15) is 22.9 Å². The lowest BCUT2D eigenvalue weighted by Gasteiger charge is -2.10. The first-order chi connectivity index (χ1) is 15.3. The summed E-state index contributed by atoms with van der Waals surface area (Å²) in [6, 6.07) is 7.75. The molecule has 2 heterocycles. The second kappa shape index (κ2) is 8.32. The van der Waals surface area contributed by atoms with Crippen LogP contribution in [0.1, 0.15) is 5.56 Å². The molecule has 7 nitrogen and oxygen atoms in total. The molecular formula is C21H14F3N5O2S. The molecule has 0 fully saturated rings. The van der Waals surface area contributed by atoms with Gasteiger partial charge < -0.3 is 9.73 Å². The number of nitrogens with zero attached hydrogens (tertiary/aromatic N) is 4. The first kappa shape index (κ1) is 21.3. The number of benzene rings is 2. The Kier molecular flexibility index (Phi) is 5.54. The zero-order chi connectivity index (χ0) is 22.9. The maximum atomic E-state index is 14.5. The van der Waals surface area contributed by atoms with E-state index >= 15 is 0 Å². The number of fused-ring (bicyclic) bond motifs is 1. The minimum Gasteiger partial charge on any atom is -0.464 e. The Morgan fingerprint density at radius 3 is 2.78 bits per heavy atom. The number of aromatic nitrogens is 2. The monoisotopic (exact) mass is 457 g/mol. The van der Waals surface area contributed by atoms with E-state index in [1.54, 1.807) is 0 Å². The standard InChI is InChI=1S/C21H14F3N5O2S/c1-32(30,27-11-25)10-12-6-13(22)8-14(7-12)28-21-26-9-18(24)19(29-21)16-2-3-17(23)15-4-5-31-20(15)16/h2-9H,10H2,1H3,(H,26,28,29). The van der Waals surface area contributed by atoms with E-state index in [-0.39, 0.29) is 39.6 Å². The van der Waals surface area contributed by atoms with Crippen molar-refractivity contribution in [3.63, 3.8) is 0 Å². The SMILES string of the molecule is CS(=O)(Cc1cc(F)cc(Nc2ncc(F)c(-c3ccc(F)c4ccoc34)n2)c1)=NC#N. The van der Waals surface area contributed by atoms with E-state index in [0.29, 0.717) is 5.56 Å². The van der Waals surface area contributed by atoms with Crippen LogP contribution in [0, 0.1) is 28.9 Å². The Bertz CT molecular complexity index is 1500. The Morgan fingerprint density at radius 1 is 1.19 bits per heavy atom. The predicted octanol–water partition coefficient (Wildman–Crippen LogP) is 5.13. The number of anilines is 2. The van der Waals surface area contributed by atoms with Crippen molar-refractivity contribution >= 4 is 32.3 Å². The minimum atomic E-state index is -2.86. The summed E-state index contributed by atoms with van der Waals surface area (Å²) in [5.74, 6) is -2.11. The van der Waals surface area contributed by atoms with Crippen molar-refractivity contribution < 1.29 is 21.8 Å². The first-order valence-corrected chi connectivity index (χ1v) is 11.2. The van der Waals surface area contributed by atoms with Gasteiger partial charge in [-0.1, -0.05) is 0 Å². The highest BCUT2D eigenvalue weighted by atomic mass is 32.2. The second-order valence-electron chi connectivity index (χ2n) is 6.92. The lowest BCUT2D eigenvalue weighted by Crippen LogP contribution is -2.04. The number of hydrogen-bond donors (Lipinski definition) is 1. The highest BCUT2D eigenvalue weighted by Crippen LogP contribution is 2.32. The van der Waals surface area contributed by atoms with E-state index in [0.717, 1.165) is 12.3 Å². The number of halogens is 3. The summed E-state index contributed by atoms with van der Waals surface area (Å²) in [4.78, 5) is 8.01. The van der Waals surface area contributed by atoms with Crippen molar-refractivity contribution in [1.29, 1.82) is 5.26 Å². The molecule has 4 rings (SSSR count). The quantitative estimate of drug-likeness (QED) is 0.417. The number of furan rings is 1. The Hall–Kier alpha value is -3.91. The zero-order valence-corrected chi connectivity index (χ0v) is 17.3. The number of nitriles is 1. The molecule has 0 saturated carbocycles. The van der Waals surface area contributed by atoms with Gasteiger partial charge in [0.05, 0.1) is 33.3 Å². The smallest absolute Gasteiger partial charge is 0.227 e. The highest BCUT2D eigenvalue weighted by molar-refractivity contribution is 7.92. The molecule has 32 heavy (non-hydrogen) atoms. The summed E-state index contributed by atoms with van der Waals surface area (Å²) in [7, 11) is -2.86. The lowest BCUT2D eigenvalue weighted by atomic mass is 10.1. The molecule has 1 unspecified atom stereocenters. The number of rotatable bonds is 5. The molecule has 0 saturated heterocycles. The Balaban J connectivity index is 1.70. The maximum absolute atomic E-state index is 14.5. The van der Waals surface area contributed by atoms with E-state index in [4.69, 9.17) is 9.68 Å². The van der Waals surface area contributed by atoms with E-state index in [2.05, 4.69) is 19.6 Å². The Morgan fingerprint density at radius 2 is 2.00 bits per heavy atom. The average molecular weight is 457 g/mol. The maximum Gasteiger partial charge on any atom is 0.227 e. The van der Waals surface area contributed by atoms with Crippen LogP contribution in [0.5, 0.6) is 0 Å². The molecule has 4 aromatic rings. The summed E-state index contributed by atoms with van der Waals surface area (Å²) < 4.78 is 63.5. The first-order valence-electron chi connectivity index (χ1n) is 9.09. The third kappa shape index (κ3) is 4.40. The Labute approximate surface area is 180 Å². The topological polar surface area (TPSA) is 104 Å². The van der Waals surface area contributed by atoms with Gasteiger partial charge in [-0.25, -0.2) is 27.3 Å². The van der Waals surface area contributed by atoms with Crippen LogP contribution in [0.25, 0.3) is 22.2 Å². The predicted molar refractivity (Wildman–Crippen MR) is 113 cm³/mol. The van der Waals surface area contributed by atoms with Gasteiger partial charge in [0.25, 0.3) is 0 Å². The third-order valence-electron chi connectivity index (χ3n) is 4.44. The van der Waals surface area contributed by atoms with Gasteiger partial charge in [-0.2, -0.15) is 5.26 Å². The summed E-state index contributed by atoms with van der Waals surface area (Å²) in [6.07, 6.45) is 5.00. The van der Waals surface area contributed by atoms with E-state index in [9.17, 15) is 17.4 Å². The van der Waals surface area contributed by atoms with Crippen LogP contribution in [0.3, 0.4) is 0 Å². The molecular weight excluding hydrogens is 443 g/mol. The van der Waals surface area contributed by atoms with Gasteiger partial charge in [-0.15, -0.1) is 4.36 Å². The van der Waals surface area contributed by atoms with Crippen LogP contribution in [0.15, 0.2) is 57.6 Å². The highest BCUT2D eigenvalue weighted by Gasteiger charge is 2.17. The fourth-order valence-corrected chi connectivity index (χ4v) is 4.22. The van der Waals surface area contributed by atoms with Crippen LogP contribution >= 0.6 is 0 Å². The molecule has 0 bridgehead atoms. The second-order valence-corrected chi connectivity index (χ2v) is 9.31. The van der Waals surface area contributed by atoms with Crippen LogP contribution in [0.2, 0.25) is 0 Å². The molecule has 2 aromatic carbocycles. The zero-order valence-electron chi connectivity index (χ0n) is 16.5. The number of nitrogens with one attached hydrogen (secondary N) is 1. The third-order valence-corrected chi connectivity index (χ3v) is 5.78. The fraction of sp³-hybridized carbons (Fsp3) is 0.0952. The lowest BCUT2D eigenvalue weighted by molar-refractivity contribution is 0.605. The van der Waals surface area contributed by atoms with Crippen molar-refractivity contribution in [2.24, 2.45) is 4.36 Å². The van der Waals surface area contributed by atoms with E-state index in [1.807, 2.05) is 0 Å². The molecule has 1 N–H and O–H groups in total. The largest absolute Gasteiger partial charge is 0.464 e. The van der Waals surface area contributed by atoms with Gasteiger partial charge in [0.2, 0.25) is 12.1 Å². The van der Waals surface area contributed by atoms with E-state index < -0.39 is 27.2 Å². The fourth-order valence-electron chi connectivity index (χ4n) is 3.19. The molecule has 0 radical (unpaired) electrons. The summed E-state index contributed by atoms with van der Waals surface area (Å²) >= 11 is 0. The van der Waals surface area contributed by atoms with Gasteiger partial charge >= 0.3 is 0 Å². The van der Waals surface area contributed by atoms with Crippen molar-refractivity contribution in [3.05, 3.63) is 71.9 Å². The molecule has 0 aliphatic rings. The van der Waals surface area contributed by atoms with Crippen molar-refractivity contribution in [1.82, 2.24) is 9.97 Å². The van der Waals surface area contributed by atoms with E-state index in [1.165, 1.54) is 49.0 Å². The van der Waals surface area contributed by atoms with Crippen LogP contribution in [0.4, 0.5) is 24.8 Å². The number of hydrogen-bond acceptors (Lipinski definition) is 7. The molecule has 0 spiro atoms. The van der Waals surface area contributed by atoms with Crippen molar-refractivity contribution in [2.45, 2.75) is 5.75 Å². The van der Waals surface area contributed by atoms with Crippen LogP contribution < -0.4 is 5.32 Å². The van der Waals surface area contributed by atoms with Crippen LogP contribution in [-0.4, -0.2) is 20.4 Å². The minimum absolute atomic E-state index is 0.0547. The molecule has 0 aliphatic carbocycles. The molecule has 0 amide bonds. The van der Waals surface area contributed by atoms with Crippen molar-refractivity contribution in [2.75, 3.05) is 11.6 Å². The molecule has 2 aromatic heterocycles. The van der Waals surface area contributed by atoms with Gasteiger partial charge in [-0.05, 0) is 42.0 Å². The van der Waals surface area contributed by atoms with Gasteiger partial charge in [-0.3, -0.25) is 0 Å². The molecule has 0 aliphatic heterocycles. The molecule has 1 atom stereocenters. The normalized spacial score (nSPS) is 12.8. The van der Waals surface area contributed by atoms with Crippen LogP contribution in [-0.2, 0) is 15.5 Å². The van der Waals surface area contributed by atoms with Gasteiger partial charge in [0.15, 0.2) is 5.82 Å². The molecule has 162 valence electrons. The summed E-state index contributed by atoms with van der Waals surface area (Å²) in [6.45, 7) is 0. The summed E-state index contributed by atoms with van der Waals surface area (Å²) in [5.41, 5.74) is 0.756. The van der Waals surface area contributed by atoms with Gasteiger partial charge in [0, 0.05) is 17.5 Å². The average Bonchev–Trinajstić information content (AvgIpc) is 3.20. The summed E-state index contributed by atoms with van der Waals surface area (Å²) in [5, 5.41) is 11.6.